The second-order valence-electron chi connectivity index (χ2n) is 5.43. The van der Waals surface area contributed by atoms with E-state index in [0.717, 1.165) is 5.92 Å². The molecule has 0 saturated heterocycles. The lowest BCUT2D eigenvalue weighted by Crippen LogP contribution is -2.27. The predicted molar refractivity (Wildman–Crippen MR) is 66.6 cm³/mol. The fourth-order valence-corrected chi connectivity index (χ4v) is 2.74. The molecule has 1 saturated carbocycles. The molecule has 0 spiro atoms. The van der Waals surface area contributed by atoms with Gasteiger partial charge in [-0.3, -0.25) is 0 Å². The van der Waals surface area contributed by atoms with Crippen molar-refractivity contribution in [3.8, 4) is 6.57 Å². The van der Waals surface area contributed by atoms with Crippen LogP contribution in [0.2, 0.25) is 0 Å². The molecule has 0 aromatic carbocycles. The van der Waals surface area contributed by atoms with Crippen LogP contribution < -0.4 is 0 Å². The highest BCUT2D eigenvalue weighted by Gasteiger charge is 2.31. The molecule has 1 aliphatic carbocycles. The zero-order valence-corrected chi connectivity index (χ0v) is 10.8. The standard InChI is InChI=1S/C13H26.CHN/c1-4-5-6-9-12-10-7-8-11-13(12,2)3;1-2/h12H,4-11H2,1-3H3;1H. The van der Waals surface area contributed by atoms with Gasteiger partial charge in [-0.15, -0.1) is 0 Å². The van der Waals surface area contributed by atoms with E-state index in [4.69, 9.17) is 5.26 Å². The fourth-order valence-electron chi connectivity index (χ4n) is 2.74. The molecular weight excluding hydrogens is 182 g/mol. The van der Waals surface area contributed by atoms with Crippen LogP contribution in [0.4, 0.5) is 0 Å². The molecule has 0 aromatic heterocycles. The molecule has 1 aliphatic rings. The maximum Gasteiger partial charge on any atom is 0.0462 e. The van der Waals surface area contributed by atoms with Crippen molar-refractivity contribution in [3.63, 3.8) is 0 Å². The Morgan fingerprint density at radius 3 is 2.40 bits per heavy atom. The minimum atomic E-state index is 0.645. The third-order valence-electron chi connectivity index (χ3n) is 3.89. The maximum atomic E-state index is 6.50. The molecule has 0 aromatic rings. The van der Waals surface area contributed by atoms with Gasteiger partial charge in [0.2, 0.25) is 0 Å². The number of hydrogen-bond acceptors (Lipinski definition) is 1. The van der Waals surface area contributed by atoms with Crippen LogP contribution in [0.25, 0.3) is 0 Å². The first-order chi connectivity index (χ1) is 7.17. The molecule has 1 heteroatoms. The maximum absolute atomic E-state index is 6.50. The summed E-state index contributed by atoms with van der Waals surface area (Å²) in [6, 6.07) is 0. The van der Waals surface area contributed by atoms with Crippen LogP contribution in [-0.2, 0) is 0 Å². The van der Waals surface area contributed by atoms with E-state index >= 15 is 0 Å². The Morgan fingerprint density at radius 1 is 1.20 bits per heavy atom. The van der Waals surface area contributed by atoms with E-state index in [1.165, 1.54) is 51.4 Å². The normalized spacial score (nSPS) is 23.9. The molecule has 1 nitrogen and oxygen atoms in total. The van der Waals surface area contributed by atoms with E-state index < -0.39 is 0 Å². The Hall–Kier alpha value is -0.510. The van der Waals surface area contributed by atoms with Gasteiger partial charge >= 0.3 is 0 Å². The predicted octanol–water partition coefficient (Wildman–Crippen LogP) is 4.92. The van der Waals surface area contributed by atoms with Gasteiger partial charge in [-0.05, 0) is 30.6 Å². The van der Waals surface area contributed by atoms with E-state index in [1.807, 2.05) is 0 Å². The van der Waals surface area contributed by atoms with Gasteiger partial charge in [-0.1, -0.05) is 52.9 Å². The zero-order chi connectivity index (χ0) is 11.7. The smallest absolute Gasteiger partial charge is 0.0462 e. The van der Waals surface area contributed by atoms with Crippen molar-refractivity contribution in [3.05, 3.63) is 0 Å². The number of nitrogens with zero attached hydrogens (tertiary/aromatic N) is 1. The van der Waals surface area contributed by atoms with Crippen molar-refractivity contribution < 1.29 is 0 Å². The lowest BCUT2D eigenvalue weighted by molar-refractivity contribution is 0.126. The van der Waals surface area contributed by atoms with E-state index in [2.05, 4.69) is 27.3 Å². The number of unbranched alkanes of at least 4 members (excludes halogenated alkanes) is 2. The molecule has 0 aliphatic heterocycles. The summed E-state index contributed by atoms with van der Waals surface area (Å²) in [7, 11) is 0. The summed E-state index contributed by atoms with van der Waals surface area (Å²) >= 11 is 0. The van der Waals surface area contributed by atoms with Crippen LogP contribution in [0.3, 0.4) is 0 Å². The molecule has 1 unspecified atom stereocenters. The highest BCUT2D eigenvalue weighted by atomic mass is 14.4. The Balaban J connectivity index is 0.000000921. The van der Waals surface area contributed by atoms with Gasteiger partial charge in [0.1, 0.15) is 0 Å². The molecule has 1 rings (SSSR count). The molecule has 0 radical (unpaired) electrons. The van der Waals surface area contributed by atoms with Crippen LogP contribution in [0.15, 0.2) is 0 Å². The Labute approximate surface area is 95.9 Å². The van der Waals surface area contributed by atoms with Crippen molar-refractivity contribution in [1.82, 2.24) is 0 Å². The third-order valence-corrected chi connectivity index (χ3v) is 3.89. The molecule has 0 bridgehead atoms. The molecule has 0 heterocycles. The second kappa shape index (κ2) is 7.74. The van der Waals surface area contributed by atoms with Gasteiger partial charge in [-0.25, -0.2) is 5.26 Å². The highest BCUT2D eigenvalue weighted by Crippen LogP contribution is 2.42. The second-order valence-corrected chi connectivity index (χ2v) is 5.43. The van der Waals surface area contributed by atoms with Crippen molar-refractivity contribution in [1.29, 1.82) is 5.26 Å². The minimum Gasteiger partial charge on any atom is -0.202 e. The summed E-state index contributed by atoms with van der Waals surface area (Å²) in [5, 5.41) is 6.50. The largest absolute Gasteiger partial charge is 0.202 e. The van der Waals surface area contributed by atoms with Gasteiger partial charge in [0.05, 0.1) is 0 Å². The molecule has 1 fully saturated rings. The molecular formula is C14H27N. The number of rotatable bonds is 4. The van der Waals surface area contributed by atoms with E-state index in [1.54, 1.807) is 0 Å². The van der Waals surface area contributed by atoms with Crippen LogP contribution in [0.1, 0.15) is 72.1 Å². The van der Waals surface area contributed by atoms with Crippen LogP contribution in [0.5, 0.6) is 0 Å². The van der Waals surface area contributed by atoms with Crippen molar-refractivity contribution in [2.24, 2.45) is 11.3 Å². The van der Waals surface area contributed by atoms with Gasteiger partial charge in [0.15, 0.2) is 0 Å². The number of hydrogen-bond donors (Lipinski definition) is 0. The quantitative estimate of drug-likeness (QED) is 0.603. The minimum absolute atomic E-state index is 0.645. The molecule has 1 atom stereocenters. The van der Waals surface area contributed by atoms with Gasteiger partial charge < -0.3 is 0 Å². The fraction of sp³-hybridized carbons (Fsp3) is 0.929. The Kier molecular flexibility index (Phi) is 7.48. The first-order valence-corrected chi connectivity index (χ1v) is 6.42. The third kappa shape index (κ3) is 5.21. The van der Waals surface area contributed by atoms with Crippen molar-refractivity contribution >= 4 is 0 Å². The lowest BCUT2D eigenvalue weighted by atomic mass is 9.67. The molecule has 0 N–H and O–H groups in total. The van der Waals surface area contributed by atoms with Gasteiger partial charge in [-0.2, -0.15) is 0 Å². The monoisotopic (exact) mass is 209 g/mol. The molecule has 0 amide bonds. The molecule has 15 heavy (non-hydrogen) atoms. The van der Waals surface area contributed by atoms with Crippen LogP contribution in [0, 0.1) is 23.2 Å². The topological polar surface area (TPSA) is 23.8 Å². The average Bonchev–Trinajstić information content (AvgIpc) is 2.23. The van der Waals surface area contributed by atoms with E-state index in [9.17, 15) is 0 Å². The first-order valence-electron chi connectivity index (χ1n) is 6.42. The SMILES string of the molecule is C#N.CCCCCC1CCCCC1(C)C. The summed E-state index contributed by atoms with van der Waals surface area (Å²) in [6.45, 7) is 10.7. The zero-order valence-electron chi connectivity index (χ0n) is 10.8. The highest BCUT2D eigenvalue weighted by molar-refractivity contribution is 4.82. The first kappa shape index (κ1) is 14.5. The summed E-state index contributed by atoms with van der Waals surface area (Å²) in [4.78, 5) is 0. The van der Waals surface area contributed by atoms with Crippen LogP contribution in [-0.4, -0.2) is 0 Å². The van der Waals surface area contributed by atoms with E-state index in [0.29, 0.717) is 5.41 Å². The van der Waals surface area contributed by atoms with Crippen LogP contribution >= 0.6 is 0 Å². The van der Waals surface area contributed by atoms with E-state index in [-0.39, 0.29) is 0 Å². The van der Waals surface area contributed by atoms with Gasteiger partial charge in [0, 0.05) is 6.57 Å². The lowest BCUT2D eigenvalue weighted by Gasteiger charge is -2.38. The summed E-state index contributed by atoms with van der Waals surface area (Å²) < 4.78 is 0. The Morgan fingerprint density at radius 2 is 1.87 bits per heavy atom. The average molecular weight is 209 g/mol. The van der Waals surface area contributed by atoms with Crippen molar-refractivity contribution in [2.75, 3.05) is 0 Å². The summed E-state index contributed by atoms with van der Waals surface area (Å²) in [6.07, 6.45) is 11.7. The summed E-state index contributed by atoms with van der Waals surface area (Å²) in [5.41, 5.74) is 0.645. The summed E-state index contributed by atoms with van der Waals surface area (Å²) in [5.74, 6) is 1.02. The molecule has 88 valence electrons. The Bertz CT molecular complexity index is 169. The van der Waals surface area contributed by atoms with Crippen molar-refractivity contribution in [2.45, 2.75) is 72.1 Å². The number of nitriles is 1. The van der Waals surface area contributed by atoms with Gasteiger partial charge in [0.25, 0.3) is 0 Å².